The van der Waals surface area contributed by atoms with E-state index in [0.29, 0.717) is 0 Å². The summed E-state index contributed by atoms with van der Waals surface area (Å²) in [5.74, 6) is 0. The van der Waals surface area contributed by atoms with Gasteiger partial charge in [-0.05, 0) is 80.9 Å². The van der Waals surface area contributed by atoms with E-state index >= 15 is 0 Å². The first-order chi connectivity index (χ1) is 17.4. The zero-order chi connectivity index (χ0) is 22.7. The lowest BCUT2D eigenvalue weighted by atomic mass is 9.94. The monoisotopic (exact) mass is 446 g/mol. The van der Waals surface area contributed by atoms with Gasteiger partial charge in [0.1, 0.15) is 11.3 Å². The maximum absolute atomic E-state index is 5.14. The number of fused-ring (bicyclic) bond motifs is 16. The number of nitrogens with zero attached hydrogens (tertiary/aromatic N) is 4. The van der Waals surface area contributed by atoms with Crippen molar-refractivity contribution in [2.75, 3.05) is 0 Å². The minimum Gasteiger partial charge on any atom is -0.274 e. The van der Waals surface area contributed by atoms with Crippen LogP contribution in [-0.4, -0.2) is 19.4 Å². The fourth-order valence-electron chi connectivity index (χ4n) is 6.56. The van der Waals surface area contributed by atoms with Gasteiger partial charge in [0.25, 0.3) is 0 Å². The van der Waals surface area contributed by atoms with Crippen LogP contribution in [0, 0.1) is 0 Å². The SMILES string of the molecule is c1ccc2c(c1)Cc1ccc3c(c1-2)Cc1ccc2c4cccnc4n4c5cnccc5nc4c2c1-3. The molecular formula is C31H18N4. The third-order valence-electron chi connectivity index (χ3n) is 7.96. The highest BCUT2D eigenvalue weighted by molar-refractivity contribution is 6.19. The molecule has 2 aliphatic carbocycles. The summed E-state index contributed by atoms with van der Waals surface area (Å²) in [5, 5.41) is 3.56. The summed E-state index contributed by atoms with van der Waals surface area (Å²) in [6.07, 6.45) is 7.55. The van der Waals surface area contributed by atoms with Gasteiger partial charge < -0.3 is 0 Å². The normalized spacial score (nSPS) is 13.5. The summed E-state index contributed by atoms with van der Waals surface area (Å²) >= 11 is 0. The minimum absolute atomic E-state index is 0.923. The van der Waals surface area contributed by atoms with E-state index in [9.17, 15) is 0 Å². The summed E-state index contributed by atoms with van der Waals surface area (Å²) in [6, 6.07) is 24.3. The highest BCUT2D eigenvalue weighted by Crippen LogP contribution is 2.50. The predicted molar refractivity (Wildman–Crippen MR) is 140 cm³/mol. The fourth-order valence-corrected chi connectivity index (χ4v) is 6.56. The molecular weight excluding hydrogens is 428 g/mol. The predicted octanol–water partition coefficient (Wildman–Crippen LogP) is 6.73. The van der Waals surface area contributed by atoms with Crippen LogP contribution in [0.25, 0.3) is 60.7 Å². The van der Waals surface area contributed by atoms with Crippen molar-refractivity contribution in [3.8, 4) is 22.3 Å². The molecule has 0 unspecified atom stereocenters. The van der Waals surface area contributed by atoms with Crippen LogP contribution in [0.1, 0.15) is 22.3 Å². The molecule has 0 atom stereocenters. The molecule has 9 rings (SSSR count). The first-order valence-corrected chi connectivity index (χ1v) is 12.0. The van der Waals surface area contributed by atoms with Gasteiger partial charge in [-0.3, -0.25) is 9.38 Å². The van der Waals surface area contributed by atoms with Crippen LogP contribution < -0.4 is 0 Å². The molecule has 2 aliphatic rings. The molecule has 0 fully saturated rings. The van der Waals surface area contributed by atoms with Gasteiger partial charge in [0, 0.05) is 23.2 Å². The largest absolute Gasteiger partial charge is 0.274 e. The van der Waals surface area contributed by atoms with E-state index in [0.717, 1.165) is 40.6 Å². The van der Waals surface area contributed by atoms with Crippen LogP contribution in [-0.2, 0) is 12.8 Å². The number of imidazole rings is 1. The quantitative estimate of drug-likeness (QED) is 0.243. The Morgan fingerprint density at radius 1 is 0.657 bits per heavy atom. The minimum atomic E-state index is 0.923. The number of rotatable bonds is 0. The van der Waals surface area contributed by atoms with Crippen LogP contribution in [0.15, 0.2) is 85.3 Å². The summed E-state index contributed by atoms with van der Waals surface area (Å²) < 4.78 is 2.20. The molecule has 0 saturated heterocycles. The maximum Gasteiger partial charge on any atom is 0.148 e. The van der Waals surface area contributed by atoms with Crippen LogP contribution in [0.3, 0.4) is 0 Å². The van der Waals surface area contributed by atoms with Crippen molar-refractivity contribution in [2.45, 2.75) is 12.8 Å². The standard InChI is InChI=1S/C31H18N4/c1-2-5-20-17(4-1)14-18-7-10-22-24(27(18)20)15-19-8-9-21-23-6-3-12-33-30(23)35-26-16-32-13-11-25(26)34-31(35)29(21)28(19)22/h1-13,16H,14-15H2. The van der Waals surface area contributed by atoms with Crippen LogP contribution in [0.4, 0.5) is 0 Å². The summed E-state index contributed by atoms with van der Waals surface area (Å²) in [5.41, 5.74) is 15.0. The smallest absolute Gasteiger partial charge is 0.148 e. The number of hydrogen-bond donors (Lipinski definition) is 0. The lowest BCUT2D eigenvalue weighted by Gasteiger charge is -2.13. The molecule has 4 nitrogen and oxygen atoms in total. The second kappa shape index (κ2) is 6.10. The molecule has 0 amide bonds. The zero-order valence-electron chi connectivity index (χ0n) is 18.8. The summed E-state index contributed by atoms with van der Waals surface area (Å²) in [7, 11) is 0. The molecule has 7 aromatic rings. The molecule has 4 heteroatoms. The van der Waals surface area contributed by atoms with Crippen LogP contribution in [0.5, 0.6) is 0 Å². The Hall–Kier alpha value is -4.57. The average Bonchev–Trinajstić information content (AvgIpc) is 3.59. The van der Waals surface area contributed by atoms with Crippen molar-refractivity contribution in [1.29, 1.82) is 0 Å². The molecule has 0 saturated carbocycles. The fraction of sp³-hybridized carbons (Fsp3) is 0.0645. The van der Waals surface area contributed by atoms with Gasteiger partial charge in [-0.2, -0.15) is 0 Å². The van der Waals surface area contributed by atoms with Gasteiger partial charge in [0.05, 0.1) is 17.2 Å². The van der Waals surface area contributed by atoms with E-state index in [1.807, 2.05) is 30.7 Å². The molecule has 0 bridgehead atoms. The molecule has 35 heavy (non-hydrogen) atoms. The van der Waals surface area contributed by atoms with Crippen LogP contribution >= 0.6 is 0 Å². The van der Waals surface area contributed by atoms with Gasteiger partial charge in [0.15, 0.2) is 0 Å². The zero-order valence-corrected chi connectivity index (χ0v) is 18.8. The number of aromatic nitrogens is 4. The highest BCUT2D eigenvalue weighted by Gasteiger charge is 2.30. The van der Waals surface area contributed by atoms with E-state index < -0.39 is 0 Å². The van der Waals surface area contributed by atoms with Gasteiger partial charge >= 0.3 is 0 Å². The highest BCUT2D eigenvalue weighted by atomic mass is 15.1. The Labute approximate surface area is 200 Å². The van der Waals surface area contributed by atoms with Crippen molar-refractivity contribution in [2.24, 2.45) is 0 Å². The van der Waals surface area contributed by atoms with Gasteiger partial charge in [-0.25, -0.2) is 9.97 Å². The molecule has 3 aromatic carbocycles. The van der Waals surface area contributed by atoms with E-state index in [4.69, 9.17) is 9.97 Å². The Kier molecular flexibility index (Phi) is 3.11. The Morgan fingerprint density at radius 2 is 1.57 bits per heavy atom. The topological polar surface area (TPSA) is 43.1 Å². The average molecular weight is 447 g/mol. The van der Waals surface area contributed by atoms with Crippen molar-refractivity contribution in [3.05, 3.63) is 108 Å². The number of hydrogen-bond acceptors (Lipinski definition) is 3. The lowest BCUT2D eigenvalue weighted by molar-refractivity contribution is 1.22. The van der Waals surface area contributed by atoms with Gasteiger partial charge in [-0.15, -0.1) is 0 Å². The first kappa shape index (κ1) is 17.8. The molecule has 0 aliphatic heterocycles. The molecule has 0 spiro atoms. The van der Waals surface area contributed by atoms with Crippen LogP contribution in [0.2, 0.25) is 0 Å². The number of pyridine rings is 3. The van der Waals surface area contributed by atoms with Gasteiger partial charge in [-0.1, -0.05) is 48.5 Å². The summed E-state index contributed by atoms with van der Waals surface area (Å²) in [4.78, 5) is 14.3. The third kappa shape index (κ3) is 2.11. The summed E-state index contributed by atoms with van der Waals surface area (Å²) in [6.45, 7) is 0. The Morgan fingerprint density at radius 3 is 2.57 bits per heavy atom. The van der Waals surface area contributed by atoms with Crippen molar-refractivity contribution in [1.82, 2.24) is 19.4 Å². The lowest BCUT2D eigenvalue weighted by Crippen LogP contribution is -1.96. The van der Waals surface area contributed by atoms with E-state index in [-0.39, 0.29) is 0 Å². The molecule has 0 N–H and O–H groups in total. The van der Waals surface area contributed by atoms with E-state index in [1.165, 1.54) is 55.3 Å². The first-order valence-electron chi connectivity index (χ1n) is 12.0. The molecule has 0 radical (unpaired) electrons. The van der Waals surface area contributed by atoms with Gasteiger partial charge in [0.2, 0.25) is 0 Å². The van der Waals surface area contributed by atoms with E-state index in [1.54, 1.807) is 0 Å². The van der Waals surface area contributed by atoms with Crippen molar-refractivity contribution >= 4 is 38.5 Å². The third-order valence-corrected chi connectivity index (χ3v) is 7.96. The van der Waals surface area contributed by atoms with Crippen molar-refractivity contribution < 1.29 is 0 Å². The molecule has 4 heterocycles. The Bertz CT molecular complexity index is 2070. The van der Waals surface area contributed by atoms with Crippen molar-refractivity contribution in [3.63, 3.8) is 0 Å². The molecule has 4 aromatic heterocycles. The Balaban J connectivity index is 1.48. The number of benzene rings is 3. The second-order valence-electron chi connectivity index (χ2n) is 9.67. The maximum atomic E-state index is 5.14. The molecule has 162 valence electrons. The van der Waals surface area contributed by atoms with E-state index in [2.05, 4.69) is 64.0 Å². The second-order valence-corrected chi connectivity index (χ2v) is 9.67.